The lowest BCUT2D eigenvalue weighted by Crippen LogP contribution is -2.52. The van der Waals surface area contributed by atoms with Crippen molar-refractivity contribution in [2.75, 3.05) is 10.6 Å². The van der Waals surface area contributed by atoms with E-state index in [-0.39, 0.29) is 23.9 Å². The van der Waals surface area contributed by atoms with Crippen LogP contribution in [-0.4, -0.2) is 33.6 Å². The van der Waals surface area contributed by atoms with E-state index in [1.165, 1.54) is 0 Å². The van der Waals surface area contributed by atoms with Crippen LogP contribution in [0.5, 0.6) is 0 Å². The highest BCUT2D eigenvalue weighted by atomic mass is 19.1. The fourth-order valence-electron chi connectivity index (χ4n) is 5.11. The molecular weight excluding hydrogens is 481 g/mol. The molecule has 0 radical (unpaired) electrons. The molecule has 0 atom stereocenters. The zero-order valence-corrected chi connectivity index (χ0v) is 21.7. The number of aromatic nitrogens is 2. The summed E-state index contributed by atoms with van der Waals surface area (Å²) in [6, 6.07) is 13.3. The molecule has 3 fully saturated rings. The number of hydrogen-bond donors (Lipinski definition) is 3. The lowest BCUT2D eigenvalue weighted by atomic mass is 9.79. The summed E-state index contributed by atoms with van der Waals surface area (Å²) in [6.45, 7) is 3.61. The van der Waals surface area contributed by atoms with Crippen LogP contribution >= 0.6 is 0 Å². The fourth-order valence-corrected chi connectivity index (χ4v) is 5.11. The maximum atomic E-state index is 13.8. The van der Waals surface area contributed by atoms with Crippen molar-refractivity contribution in [2.45, 2.75) is 70.0 Å². The van der Waals surface area contributed by atoms with Gasteiger partial charge in [-0.15, -0.1) is 0 Å². The number of carbonyl (C=O) groups is 2. The maximum Gasteiger partial charge on any atom is 0.319 e. The third-order valence-corrected chi connectivity index (χ3v) is 7.58. The standard InChI is InChI=1S/C30H32FN5O2/c1-17-3-8-22(33-29(38)34-23-15-30(2,31)16-23)14-24(17)21-11-25(18-4-5-18)35-26(12-21)20-9-10-32-27(13-20)36-28(37)19-6-7-19/h3,8-14,18-19,23H,4-7,15-16H2,1-2H3,(H,32,36,37)(H2,33,34,38)/t23-,30-. The Morgan fingerprint density at radius 1 is 0.974 bits per heavy atom. The molecule has 38 heavy (non-hydrogen) atoms. The van der Waals surface area contributed by atoms with Gasteiger partial charge in [-0.2, -0.15) is 0 Å². The van der Waals surface area contributed by atoms with Gasteiger partial charge in [0.15, 0.2) is 0 Å². The molecule has 3 N–H and O–H groups in total. The second-order valence-electron chi connectivity index (χ2n) is 11.3. The maximum absolute atomic E-state index is 13.8. The summed E-state index contributed by atoms with van der Waals surface area (Å²) in [5, 5.41) is 8.68. The van der Waals surface area contributed by atoms with Crippen LogP contribution in [0.4, 0.5) is 20.7 Å². The minimum atomic E-state index is -1.19. The van der Waals surface area contributed by atoms with E-state index >= 15 is 0 Å². The summed E-state index contributed by atoms with van der Waals surface area (Å²) in [5.74, 6) is 1.11. The van der Waals surface area contributed by atoms with E-state index in [1.807, 2.05) is 37.3 Å². The van der Waals surface area contributed by atoms with Crippen molar-refractivity contribution in [2.24, 2.45) is 5.92 Å². The van der Waals surface area contributed by atoms with Gasteiger partial charge in [-0.3, -0.25) is 9.78 Å². The summed E-state index contributed by atoms with van der Waals surface area (Å²) in [5.41, 5.74) is 5.35. The Bertz CT molecular complexity index is 1410. The third-order valence-electron chi connectivity index (χ3n) is 7.58. The monoisotopic (exact) mass is 513 g/mol. The number of nitrogens with one attached hydrogen (secondary N) is 3. The third kappa shape index (κ3) is 5.54. The first-order chi connectivity index (χ1) is 18.2. The minimum absolute atomic E-state index is 0.0232. The number of halogens is 1. The van der Waals surface area contributed by atoms with Crippen molar-refractivity contribution < 1.29 is 14.0 Å². The molecule has 3 aliphatic rings. The van der Waals surface area contributed by atoms with E-state index < -0.39 is 5.67 Å². The number of benzene rings is 1. The number of carbonyl (C=O) groups excluding carboxylic acids is 2. The second-order valence-corrected chi connectivity index (χ2v) is 11.3. The molecular formula is C30H32FN5O2. The van der Waals surface area contributed by atoms with Crippen molar-refractivity contribution >= 4 is 23.4 Å². The van der Waals surface area contributed by atoms with E-state index in [0.717, 1.165) is 59.3 Å². The molecule has 3 aliphatic carbocycles. The predicted octanol–water partition coefficient (Wildman–Crippen LogP) is 6.36. The molecule has 7 nitrogen and oxygen atoms in total. The molecule has 0 saturated heterocycles. The highest BCUT2D eigenvalue weighted by Gasteiger charge is 2.41. The quantitative estimate of drug-likeness (QED) is 0.343. The fraction of sp³-hybridized carbons (Fsp3) is 0.400. The highest BCUT2D eigenvalue weighted by molar-refractivity contribution is 5.94. The average molecular weight is 514 g/mol. The van der Waals surface area contributed by atoms with Crippen LogP contribution in [0.25, 0.3) is 22.4 Å². The van der Waals surface area contributed by atoms with Crippen molar-refractivity contribution in [3.8, 4) is 22.4 Å². The zero-order valence-electron chi connectivity index (χ0n) is 21.7. The van der Waals surface area contributed by atoms with E-state index in [9.17, 15) is 14.0 Å². The Morgan fingerprint density at radius 3 is 2.47 bits per heavy atom. The SMILES string of the molecule is Cc1ccc(NC(=O)N[C@H]2C[C@](C)(F)C2)cc1-c1cc(-c2ccnc(NC(=O)C3CC3)c2)nc(C2CC2)c1. The number of hydrogen-bond acceptors (Lipinski definition) is 4. The first-order valence-corrected chi connectivity index (χ1v) is 13.4. The van der Waals surface area contributed by atoms with Crippen molar-refractivity contribution in [1.82, 2.24) is 15.3 Å². The topological polar surface area (TPSA) is 96.0 Å². The van der Waals surface area contributed by atoms with Crippen LogP contribution < -0.4 is 16.0 Å². The van der Waals surface area contributed by atoms with E-state index in [4.69, 9.17) is 4.98 Å². The highest BCUT2D eigenvalue weighted by Crippen LogP contribution is 2.42. The predicted molar refractivity (Wildman–Crippen MR) is 146 cm³/mol. The molecule has 0 spiro atoms. The molecule has 0 aliphatic heterocycles. The van der Waals surface area contributed by atoms with Crippen LogP contribution in [0, 0.1) is 12.8 Å². The number of amides is 3. The van der Waals surface area contributed by atoms with Gasteiger partial charge in [0.1, 0.15) is 11.5 Å². The molecule has 6 rings (SSSR count). The summed E-state index contributed by atoms with van der Waals surface area (Å²) < 4.78 is 13.8. The van der Waals surface area contributed by atoms with Crippen LogP contribution in [0.3, 0.4) is 0 Å². The minimum Gasteiger partial charge on any atom is -0.335 e. The Balaban J connectivity index is 1.26. The van der Waals surface area contributed by atoms with Crippen molar-refractivity contribution in [3.63, 3.8) is 0 Å². The van der Waals surface area contributed by atoms with Gasteiger partial charge in [0.05, 0.1) is 5.69 Å². The first kappa shape index (κ1) is 24.5. The molecule has 3 amide bonds. The normalized spacial score (nSPS) is 22.3. The molecule has 8 heteroatoms. The van der Waals surface area contributed by atoms with E-state index in [1.54, 1.807) is 13.1 Å². The van der Waals surface area contributed by atoms with Crippen molar-refractivity contribution in [3.05, 3.63) is 59.9 Å². The van der Waals surface area contributed by atoms with Crippen LogP contribution in [0.1, 0.15) is 62.6 Å². The Hall–Kier alpha value is -3.81. The lowest BCUT2D eigenvalue weighted by molar-refractivity contribution is -0.117. The van der Waals surface area contributed by atoms with Gasteiger partial charge in [-0.1, -0.05) is 6.07 Å². The Morgan fingerprint density at radius 2 is 1.76 bits per heavy atom. The number of anilines is 2. The molecule has 3 aromatic rings. The zero-order chi connectivity index (χ0) is 26.4. The van der Waals surface area contributed by atoms with Gasteiger partial charge in [0, 0.05) is 53.9 Å². The number of urea groups is 1. The number of rotatable bonds is 7. The summed E-state index contributed by atoms with van der Waals surface area (Å²) in [4.78, 5) is 34.1. The number of pyridine rings is 2. The Labute approximate surface area is 221 Å². The smallest absolute Gasteiger partial charge is 0.319 e. The van der Waals surface area contributed by atoms with Crippen molar-refractivity contribution in [1.29, 1.82) is 0 Å². The van der Waals surface area contributed by atoms with Gasteiger partial charge in [-0.05, 0) is 92.6 Å². The Kier molecular flexibility index (Phi) is 6.13. The van der Waals surface area contributed by atoms with Crippen LogP contribution in [-0.2, 0) is 4.79 Å². The number of alkyl halides is 1. The molecule has 2 aromatic heterocycles. The van der Waals surface area contributed by atoms with Gasteiger partial charge >= 0.3 is 6.03 Å². The summed E-state index contributed by atoms with van der Waals surface area (Å²) in [7, 11) is 0. The average Bonchev–Trinajstić information content (AvgIpc) is 3.76. The lowest BCUT2D eigenvalue weighted by Gasteiger charge is -2.38. The second kappa shape index (κ2) is 9.49. The van der Waals surface area contributed by atoms with E-state index in [2.05, 4.69) is 33.1 Å². The van der Waals surface area contributed by atoms with Gasteiger partial charge in [-0.25, -0.2) is 14.2 Å². The molecule has 2 heterocycles. The van der Waals surface area contributed by atoms with Gasteiger partial charge < -0.3 is 16.0 Å². The van der Waals surface area contributed by atoms with Crippen LogP contribution in [0.15, 0.2) is 48.7 Å². The molecule has 1 aromatic carbocycles. The molecule has 3 saturated carbocycles. The molecule has 0 unspecified atom stereocenters. The summed E-state index contributed by atoms with van der Waals surface area (Å²) >= 11 is 0. The number of nitrogens with zero attached hydrogens (tertiary/aromatic N) is 2. The number of aryl methyl sites for hydroxylation is 1. The largest absolute Gasteiger partial charge is 0.335 e. The molecule has 196 valence electrons. The van der Waals surface area contributed by atoms with Gasteiger partial charge in [0.25, 0.3) is 0 Å². The molecule has 0 bridgehead atoms. The van der Waals surface area contributed by atoms with Crippen LogP contribution in [0.2, 0.25) is 0 Å². The van der Waals surface area contributed by atoms with E-state index in [0.29, 0.717) is 30.3 Å². The first-order valence-electron chi connectivity index (χ1n) is 13.4. The summed E-state index contributed by atoms with van der Waals surface area (Å²) in [6.07, 6.45) is 6.49. The van der Waals surface area contributed by atoms with Gasteiger partial charge in [0.2, 0.25) is 5.91 Å².